The van der Waals surface area contributed by atoms with Crippen LogP contribution in [0.15, 0.2) is 41.8 Å². The predicted octanol–water partition coefficient (Wildman–Crippen LogP) is 2.84. The first-order valence-corrected chi connectivity index (χ1v) is 8.75. The van der Waals surface area contributed by atoms with E-state index in [1.165, 1.54) is 6.07 Å². The van der Waals surface area contributed by atoms with Crippen molar-refractivity contribution in [1.29, 1.82) is 0 Å². The first-order valence-electron chi connectivity index (χ1n) is 6.48. The second kappa shape index (κ2) is 7.47. The third-order valence-electron chi connectivity index (χ3n) is 3.04. The minimum atomic E-state index is -1.45. The zero-order chi connectivity index (χ0) is 15.2. The van der Waals surface area contributed by atoms with Crippen molar-refractivity contribution in [3.8, 4) is 0 Å². The number of hydrogen-bond acceptors (Lipinski definition) is 3. The topological polar surface area (TPSA) is 46.2 Å². The smallest absolute Gasteiger partial charge is 0.235 e. The summed E-state index contributed by atoms with van der Waals surface area (Å²) in [5.74, 6) is -0.629. The Morgan fingerprint density at radius 3 is 2.76 bits per heavy atom. The predicted molar refractivity (Wildman–Crippen MR) is 83.9 cm³/mol. The van der Waals surface area contributed by atoms with Gasteiger partial charge in [0.1, 0.15) is 11.1 Å². The Morgan fingerprint density at radius 2 is 2.10 bits per heavy atom. The van der Waals surface area contributed by atoms with Gasteiger partial charge in [0.25, 0.3) is 0 Å². The molecule has 112 valence electrons. The summed E-state index contributed by atoms with van der Waals surface area (Å²) in [6.45, 7) is 2.03. The lowest BCUT2D eigenvalue weighted by Crippen LogP contribution is -2.35. The molecule has 0 aliphatic rings. The van der Waals surface area contributed by atoms with E-state index in [1.807, 2.05) is 17.5 Å². The zero-order valence-corrected chi connectivity index (χ0v) is 13.2. The zero-order valence-electron chi connectivity index (χ0n) is 11.5. The van der Waals surface area contributed by atoms with E-state index in [0.717, 1.165) is 4.88 Å². The van der Waals surface area contributed by atoms with Crippen molar-refractivity contribution in [3.63, 3.8) is 0 Å². The van der Waals surface area contributed by atoms with Crippen molar-refractivity contribution in [3.05, 3.63) is 58.0 Å². The van der Waals surface area contributed by atoms with E-state index in [9.17, 15) is 13.4 Å². The van der Waals surface area contributed by atoms with E-state index in [2.05, 4.69) is 5.32 Å². The maximum atomic E-state index is 13.5. The van der Waals surface area contributed by atoms with E-state index in [-0.39, 0.29) is 11.7 Å². The van der Waals surface area contributed by atoms with Gasteiger partial charge in [-0.05, 0) is 24.4 Å². The third-order valence-corrected chi connectivity index (χ3v) is 5.51. The first-order chi connectivity index (χ1) is 10.1. The number of benzene rings is 1. The summed E-state index contributed by atoms with van der Waals surface area (Å²) >= 11 is 1.55. The molecule has 1 N–H and O–H groups in total. The molecule has 3 nitrogen and oxygen atoms in total. The van der Waals surface area contributed by atoms with Crippen LogP contribution in [0.2, 0.25) is 0 Å². The van der Waals surface area contributed by atoms with Crippen molar-refractivity contribution in [2.45, 2.75) is 24.5 Å². The molecule has 2 rings (SSSR count). The number of carbonyl (C=O) groups is 1. The van der Waals surface area contributed by atoms with Gasteiger partial charge in [-0.15, -0.1) is 11.3 Å². The standard InChI is InChI=1S/C15H16FNO2S2/c1-11(15(18)17-9-13-6-4-8-20-13)21(19)10-12-5-2-3-7-14(12)16/h2-8,11H,9-10H2,1H3,(H,17,18). The summed E-state index contributed by atoms with van der Waals surface area (Å²) in [6, 6.07) is 10.0. The van der Waals surface area contributed by atoms with E-state index >= 15 is 0 Å². The van der Waals surface area contributed by atoms with E-state index in [1.54, 1.807) is 36.5 Å². The van der Waals surface area contributed by atoms with Gasteiger partial charge in [-0.3, -0.25) is 9.00 Å². The summed E-state index contributed by atoms with van der Waals surface area (Å²) in [7, 11) is -1.45. The molecule has 1 aromatic carbocycles. The first kappa shape index (κ1) is 15.9. The fourth-order valence-corrected chi connectivity index (χ4v) is 3.50. The average molecular weight is 325 g/mol. The fraction of sp³-hybridized carbons (Fsp3) is 0.267. The Bertz CT molecular complexity index is 628. The largest absolute Gasteiger partial charge is 0.350 e. The van der Waals surface area contributed by atoms with Gasteiger partial charge in [0.2, 0.25) is 5.91 Å². The molecule has 2 unspecified atom stereocenters. The van der Waals surface area contributed by atoms with Crippen LogP contribution in [0.5, 0.6) is 0 Å². The minimum absolute atomic E-state index is 0.0419. The average Bonchev–Trinajstić information content (AvgIpc) is 2.99. The number of carbonyl (C=O) groups excluding carboxylic acids is 1. The Morgan fingerprint density at radius 1 is 1.33 bits per heavy atom. The fourth-order valence-electron chi connectivity index (χ4n) is 1.74. The van der Waals surface area contributed by atoms with Gasteiger partial charge in [0.05, 0.1) is 12.3 Å². The summed E-state index contributed by atoms with van der Waals surface area (Å²) in [6.07, 6.45) is 0. The molecule has 0 fully saturated rings. The maximum Gasteiger partial charge on any atom is 0.235 e. The molecule has 0 radical (unpaired) electrons. The number of thiophene rings is 1. The molecule has 2 atom stereocenters. The molecule has 0 saturated heterocycles. The normalized spacial score (nSPS) is 13.6. The highest BCUT2D eigenvalue weighted by molar-refractivity contribution is 7.85. The molecule has 1 amide bonds. The Kier molecular flexibility index (Phi) is 5.64. The van der Waals surface area contributed by atoms with Gasteiger partial charge in [-0.1, -0.05) is 24.3 Å². The number of halogens is 1. The van der Waals surface area contributed by atoms with Gasteiger partial charge in [0, 0.05) is 21.2 Å². The molecule has 0 aliphatic heterocycles. The third kappa shape index (κ3) is 4.47. The van der Waals surface area contributed by atoms with Crippen LogP contribution in [0.25, 0.3) is 0 Å². The molecule has 0 aliphatic carbocycles. The van der Waals surface area contributed by atoms with Crippen LogP contribution in [0.1, 0.15) is 17.4 Å². The monoisotopic (exact) mass is 325 g/mol. The summed E-state index contributed by atoms with van der Waals surface area (Å²) in [5, 5.41) is 4.01. The van der Waals surface area contributed by atoms with E-state index < -0.39 is 21.9 Å². The Labute approximate surface area is 129 Å². The Hall–Kier alpha value is -1.53. The van der Waals surface area contributed by atoms with Crippen LogP contribution >= 0.6 is 11.3 Å². The second-order valence-corrected chi connectivity index (χ2v) is 7.35. The quantitative estimate of drug-likeness (QED) is 0.888. The van der Waals surface area contributed by atoms with Crippen LogP contribution in [0.4, 0.5) is 4.39 Å². The molecule has 0 bridgehead atoms. The number of nitrogens with one attached hydrogen (secondary N) is 1. The summed E-state index contributed by atoms with van der Waals surface area (Å²) in [4.78, 5) is 13.0. The SMILES string of the molecule is CC(C(=O)NCc1cccs1)S(=O)Cc1ccccc1F. The molecule has 2 aromatic rings. The van der Waals surface area contributed by atoms with Crippen LogP contribution in [0, 0.1) is 5.82 Å². The highest BCUT2D eigenvalue weighted by atomic mass is 32.2. The van der Waals surface area contributed by atoms with Crippen LogP contribution in [-0.2, 0) is 27.9 Å². The molecule has 0 saturated carbocycles. The van der Waals surface area contributed by atoms with Crippen molar-refractivity contribution in [1.82, 2.24) is 5.32 Å². The van der Waals surface area contributed by atoms with E-state index in [0.29, 0.717) is 12.1 Å². The molecular weight excluding hydrogens is 309 g/mol. The van der Waals surface area contributed by atoms with Gasteiger partial charge in [-0.25, -0.2) is 4.39 Å². The lowest BCUT2D eigenvalue weighted by molar-refractivity contribution is -0.120. The minimum Gasteiger partial charge on any atom is -0.350 e. The highest BCUT2D eigenvalue weighted by Crippen LogP contribution is 2.12. The number of amides is 1. The Balaban J connectivity index is 1.89. The van der Waals surface area contributed by atoms with Crippen molar-refractivity contribution in [2.24, 2.45) is 0 Å². The lowest BCUT2D eigenvalue weighted by atomic mass is 10.2. The number of rotatable bonds is 6. The van der Waals surface area contributed by atoms with Crippen LogP contribution in [-0.4, -0.2) is 15.4 Å². The van der Waals surface area contributed by atoms with Crippen molar-refractivity contribution in [2.75, 3.05) is 0 Å². The van der Waals surface area contributed by atoms with Gasteiger partial charge >= 0.3 is 0 Å². The summed E-state index contributed by atoms with van der Waals surface area (Å²) < 4.78 is 25.7. The molecule has 1 aromatic heterocycles. The van der Waals surface area contributed by atoms with Crippen molar-refractivity contribution >= 4 is 28.0 Å². The van der Waals surface area contributed by atoms with Gasteiger partial charge in [0.15, 0.2) is 0 Å². The molecular formula is C15H16FNO2S2. The van der Waals surface area contributed by atoms with Crippen molar-refractivity contribution < 1.29 is 13.4 Å². The molecule has 6 heteroatoms. The number of hydrogen-bond donors (Lipinski definition) is 1. The molecule has 1 heterocycles. The van der Waals surface area contributed by atoms with Crippen LogP contribution in [0.3, 0.4) is 0 Å². The van der Waals surface area contributed by atoms with Gasteiger partial charge < -0.3 is 5.32 Å². The lowest BCUT2D eigenvalue weighted by Gasteiger charge is -2.12. The maximum absolute atomic E-state index is 13.5. The molecule has 0 spiro atoms. The van der Waals surface area contributed by atoms with Gasteiger partial charge in [-0.2, -0.15) is 0 Å². The highest BCUT2D eigenvalue weighted by Gasteiger charge is 2.20. The second-order valence-electron chi connectivity index (χ2n) is 4.56. The van der Waals surface area contributed by atoms with E-state index in [4.69, 9.17) is 0 Å². The molecule has 21 heavy (non-hydrogen) atoms. The summed E-state index contributed by atoms with van der Waals surface area (Å²) in [5.41, 5.74) is 0.369. The van der Waals surface area contributed by atoms with Crippen LogP contribution < -0.4 is 5.32 Å².